The Labute approximate surface area is 172 Å². The molecule has 9 nitrogen and oxygen atoms in total. The summed E-state index contributed by atoms with van der Waals surface area (Å²) >= 11 is 6.44. The molecule has 0 bridgehead atoms. The maximum absolute atomic E-state index is 10.5. The Hall–Kier alpha value is -1.99. The van der Waals surface area contributed by atoms with Crippen LogP contribution in [0.4, 0.5) is 0 Å². The van der Waals surface area contributed by atoms with E-state index in [1.54, 1.807) is 29.7 Å². The van der Waals surface area contributed by atoms with Crippen molar-refractivity contribution in [2.45, 2.75) is 11.8 Å². The highest BCUT2D eigenvalue weighted by Gasteiger charge is 2.07. The summed E-state index contributed by atoms with van der Waals surface area (Å²) in [5, 5.41) is 24.9. The second kappa shape index (κ2) is 10.4. The molecule has 0 unspecified atom stereocenters. The van der Waals surface area contributed by atoms with E-state index in [1.807, 2.05) is 6.92 Å². The van der Waals surface area contributed by atoms with Gasteiger partial charge in [-0.05, 0) is 47.1 Å². The molecule has 0 saturated heterocycles. The molecule has 0 amide bonds. The lowest BCUT2D eigenvalue weighted by Crippen LogP contribution is -2.27. The van der Waals surface area contributed by atoms with Gasteiger partial charge in [0.15, 0.2) is 0 Å². The van der Waals surface area contributed by atoms with Crippen molar-refractivity contribution in [2.24, 2.45) is 15.9 Å². The summed E-state index contributed by atoms with van der Waals surface area (Å²) in [7, 11) is -4.02. The fourth-order valence-electron chi connectivity index (χ4n) is 1.57. The quantitative estimate of drug-likeness (QED) is 0.179. The zero-order valence-corrected chi connectivity index (χ0v) is 17.8. The summed E-state index contributed by atoms with van der Waals surface area (Å²) in [6.45, 7) is 1.84. The number of nitrogens with two attached hydrogens (primary N) is 1. The van der Waals surface area contributed by atoms with Gasteiger partial charge in [-0.3, -0.25) is 9.76 Å². The van der Waals surface area contributed by atoms with Gasteiger partial charge in [-0.15, -0.1) is 5.10 Å². The molecule has 6 N–H and O–H groups in total. The van der Waals surface area contributed by atoms with Crippen LogP contribution in [0.2, 0.25) is 0 Å². The summed E-state index contributed by atoms with van der Waals surface area (Å²) in [5.74, 6) is -0.206. The Kier molecular flexibility index (Phi) is 8.85. The first-order valence-electron chi connectivity index (χ1n) is 7.03. The van der Waals surface area contributed by atoms with Gasteiger partial charge in [0, 0.05) is 10.0 Å². The fourth-order valence-corrected chi connectivity index (χ4v) is 3.31. The number of aromatic hydroxyl groups is 1. The average molecular weight is 524 g/mol. The van der Waals surface area contributed by atoms with E-state index in [-0.39, 0.29) is 16.6 Å². The maximum Gasteiger partial charge on any atom is 0.294 e. The predicted octanol–water partition coefficient (Wildman–Crippen LogP) is 2.79. The number of hydroxylamine groups is 1. The van der Waals surface area contributed by atoms with Gasteiger partial charge in [0.1, 0.15) is 5.75 Å². The molecule has 0 fully saturated rings. The van der Waals surface area contributed by atoms with E-state index in [0.717, 1.165) is 10.0 Å². The van der Waals surface area contributed by atoms with Gasteiger partial charge >= 0.3 is 0 Å². The standard InChI is InChI=1S/C8H8Br2N4O2.C7H8O3S/c9-5-1-4(7(15)6(10)2-5)3-12-13-8(11)14-16;1-6-2-4-7(5-3-6)11(8,9)10/h1-3,15-16H,(H3,11,13,14);2-5H,1H3,(H,8,9,10). The van der Waals surface area contributed by atoms with Crippen molar-refractivity contribution in [2.75, 3.05) is 0 Å². The molecular formula is C15H16Br2N4O5S. The molecule has 2 aromatic carbocycles. The van der Waals surface area contributed by atoms with Gasteiger partial charge < -0.3 is 10.8 Å². The highest BCUT2D eigenvalue weighted by molar-refractivity contribution is 9.11. The minimum absolute atomic E-state index is 0.0395. The normalized spacial score (nSPS) is 11.8. The molecule has 0 aliphatic heterocycles. The van der Waals surface area contributed by atoms with Crippen molar-refractivity contribution in [3.05, 3.63) is 56.5 Å². The Balaban J connectivity index is 0.000000289. The van der Waals surface area contributed by atoms with E-state index in [2.05, 4.69) is 42.1 Å². The maximum atomic E-state index is 10.5. The van der Waals surface area contributed by atoms with Crippen LogP contribution in [0.5, 0.6) is 5.75 Å². The molecule has 0 aliphatic rings. The van der Waals surface area contributed by atoms with E-state index >= 15 is 0 Å². The van der Waals surface area contributed by atoms with Gasteiger partial charge in [-0.1, -0.05) is 33.6 Å². The van der Waals surface area contributed by atoms with Crippen LogP contribution in [0.1, 0.15) is 11.1 Å². The first-order chi connectivity index (χ1) is 12.5. The van der Waals surface area contributed by atoms with Crippen molar-refractivity contribution < 1.29 is 23.3 Å². The highest BCUT2D eigenvalue weighted by Crippen LogP contribution is 2.30. The molecule has 0 saturated carbocycles. The van der Waals surface area contributed by atoms with E-state index in [9.17, 15) is 13.5 Å². The van der Waals surface area contributed by atoms with Crippen LogP contribution < -0.4 is 11.2 Å². The molecule has 2 rings (SSSR count). The van der Waals surface area contributed by atoms with Crippen LogP contribution in [-0.2, 0) is 10.1 Å². The third kappa shape index (κ3) is 8.05. The molecule has 27 heavy (non-hydrogen) atoms. The minimum Gasteiger partial charge on any atom is -0.506 e. The van der Waals surface area contributed by atoms with Crippen molar-refractivity contribution >= 4 is 54.2 Å². The largest absolute Gasteiger partial charge is 0.506 e. The lowest BCUT2D eigenvalue weighted by molar-refractivity contribution is 0.232. The smallest absolute Gasteiger partial charge is 0.294 e. The molecule has 12 heteroatoms. The van der Waals surface area contributed by atoms with Crippen LogP contribution in [0.25, 0.3) is 0 Å². The van der Waals surface area contributed by atoms with E-state index in [0.29, 0.717) is 10.0 Å². The molecule has 0 aromatic heterocycles. The third-order valence-corrected chi connectivity index (χ3v) is 4.78. The SMILES string of the molecule is Cc1ccc(S(=O)(=O)O)cc1.N/C(=N\N=Cc1cc(Br)cc(Br)c1O)NO. The fraction of sp³-hybridized carbons (Fsp3) is 0.0667. The van der Waals surface area contributed by atoms with Gasteiger partial charge in [0.05, 0.1) is 15.6 Å². The summed E-state index contributed by atoms with van der Waals surface area (Å²) < 4.78 is 30.9. The van der Waals surface area contributed by atoms with Crippen LogP contribution in [0, 0.1) is 6.92 Å². The predicted molar refractivity (Wildman–Crippen MR) is 109 cm³/mol. The zero-order chi connectivity index (χ0) is 20.6. The van der Waals surface area contributed by atoms with Crippen LogP contribution in [0.15, 0.2) is 60.4 Å². The molecule has 0 radical (unpaired) electrons. The van der Waals surface area contributed by atoms with Crippen LogP contribution >= 0.6 is 31.9 Å². The van der Waals surface area contributed by atoms with Crippen molar-refractivity contribution in [1.82, 2.24) is 5.48 Å². The van der Waals surface area contributed by atoms with Gasteiger partial charge in [-0.2, -0.15) is 13.5 Å². The highest BCUT2D eigenvalue weighted by atomic mass is 79.9. The van der Waals surface area contributed by atoms with E-state index in [1.165, 1.54) is 18.3 Å². The van der Waals surface area contributed by atoms with Gasteiger partial charge in [0.25, 0.3) is 10.1 Å². The lowest BCUT2D eigenvalue weighted by Gasteiger charge is -2.01. The molecule has 0 aliphatic carbocycles. The number of aryl methyl sites for hydroxylation is 1. The first kappa shape index (κ1) is 23.0. The van der Waals surface area contributed by atoms with Crippen molar-refractivity contribution in [3.8, 4) is 5.75 Å². The molecule has 2 aromatic rings. The number of phenolic OH excluding ortho intramolecular Hbond substituents is 1. The number of hydrogen-bond donors (Lipinski definition) is 5. The number of nitrogens with one attached hydrogen (secondary N) is 1. The first-order valence-corrected chi connectivity index (χ1v) is 10.1. The summed E-state index contributed by atoms with van der Waals surface area (Å²) in [6.07, 6.45) is 1.30. The number of rotatable bonds is 3. The summed E-state index contributed by atoms with van der Waals surface area (Å²) in [4.78, 5) is -0.0666. The number of phenols is 1. The Morgan fingerprint density at radius 3 is 2.33 bits per heavy atom. The lowest BCUT2D eigenvalue weighted by atomic mass is 10.2. The summed E-state index contributed by atoms with van der Waals surface area (Å²) in [6, 6.07) is 9.34. The Bertz CT molecular complexity index is 947. The number of guanidine groups is 1. The van der Waals surface area contributed by atoms with Crippen LogP contribution in [0.3, 0.4) is 0 Å². The topological polar surface area (TPSA) is 158 Å². The Morgan fingerprint density at radius 1 is 1.22 bits per heavy atom. The average Bonchev–Trinajstić information content (AvgIpc) is 2.59. The number of benzene rings is 2. The number of hydrogen-bond acceptors (Lipinski definition) is 6. The zero-order valence-electron chi connectivity index (χ0n) is 13.8. The number of halogens is 2. The summed E-state index contributed by atoms with van der Waals surface area (Å²) in [5.41, 5.74) is 8.16. The van der Waals surface area contributed by atoms with Crippen molar-refractivity contribution in [3.63, 3.8) is 0 Å². The molecule has 0 heterocycles. The molecule has 0 spiro atoms. The number of nitrogens with zero attached hydrogens (tertiary/aromatic N) is 2. The van der Waals surface area contributed by atoms with E-state index < -0.39 is 10.1 Å². The van der Waals surface area contributed by atoms with Gasteiger partial charge in [-0.25, -0.2) is 5.48 Å². The second-order valence-corrected chi connectivity index (χ2v) is 8.15. The minimum atomic E-state index is -4.02. The van der Waals surface area contributed by atoms with Crippen LogP contribution in [-0.4, -0.2) is 35.5 Å². The second-order valence-electron chi connectivity index (χ2n) is 4.96. The Morgan fingerprint density at radius 2 is 1.81 bits per heavy atom. The molecular weight excluding hydrogens is 508 g/mol. The monoisotopic (exact) mass is 522 g/mol. The molecule has 0 atom stereocenters. The van der Waals surface area contributed by atoms with Gasteiger partial charge in [0.2, 0.25) is 5.96 Å². The molecule has 146 valence electrons. The van der Waals surface area contributed by atoms with Crippen molar-refractivity contribution in [1.29, 1.82) is 0 Å². The third-order valence-electron chi connectivity index (χ3n) is 2.85. The van der Waals surface area contributed by atoms with E-state index in [4.69, 9.17) is 15.5 Å².